The molecule has 1 N–H and O–H groups in total. The molecular formula is C15H19BrN3OS+. The van der Waals surface area contributed by atoms with Crippen molar-refractivity contribution in [2.75, 3.05) is 45.2 Å². The van der Waals surface area contributed by atoms with E-state index in [9.17, 15) is 0 Å². The molecule has 0 saturated carbocycles. The molecule has 21 heavy (non-hydrogen) atoms. The van der Waals surface area contributed by atoms with Crippen LogP contribution >= 0.6 is 27.3 Å². The summed E-state index contributed by atoms with van der Waals surface area (Å²) in [5.74, 6) is 0.844. The molecular weight excluding hydrogens is 350 g/mol. The molecule has 3 rings (SSSR count). The summed E-state index contributed by atoms with van der Waals surface area (Å²) in [4.78, 5) is 8.79. The first kappa shape index (κ1) is 14.8. The van der Waals surface area contributed by atoms with Crippen molar-refractivity contribution in [3.8, 4) is 17.0 Å². The second kappa shape index (κ2) is 6.34. The molecule has 1 saturated heterocycles. The van der Waals surface area contributed by atoms with Gasteiger partial charge in [-0.15, -0.1) is 11.3 Å². The Kier molecular flexibility index (Phi) is 4.47. The lowest BCUT2D eigenvalue weighted by atomic mass is 10.2. The third-order valence-electron chi connectivity index (χ3n) is 3.83. The Labute approximate surface area is 137 Å². The number of thiazole rings is 1. The van der Waals surface area contributed by atoms with Crippen LogP contribution in [0.5, 0.6) is 5.75 Å². The highest BCUT2D eigenvalue weighted by atomic mass is 79.9. The fourth-order valence-corrected chi connectivity index (χ4v) is 3.88. The van der Waals surface area contributed by atoms with E-state index in [1.165, 1.54) is 13.1 Å². The molecule has 0 radical (unpaired) electrons. The van der Waals surface area contributed by atoms with Crippen LogP contribution in [0.4, 0.5) is 5.13 Å². The second-order valence-corrected chi connectivity index (χ2v) is 7.00. The number of anilines is 1. The van der Waals surface area contributed by atoms with E-state index in [1.54, 1.807) is 23.3 Å². The summed E-state index contributed by atoms with van der Waals surface area (Å²) in [5, 5.41) is 3.26. The Morgan fingerprint density at radius 2 is 2.10 bits per heavy atom. The minimum atomic E-state index is 0.844. The van der Waals surface area contributed by atoms with Crippen LogP contribution in [0, 0.1) is 0 Å². The minimum absolute atomic E-state index is 0.844. The van der Waals surface area contributed by atoms with Gasteiger partial charge in [-0.25, -0.2) is 4.98 Å². The number of benzene rings is 1. The largest absolute Gasteiger partial charge is 0.496 e. The van der Waals surface area contributed by atoms with Crippen LogP contribution in [0.1, 0.15) is 0 Å². The summed E-state index contributed by atoms with van der Waals surface area (Å²) in [5.41, 5.74) is 2.15. The zero-order valence-electron chi connectivity index (χ0n) is 12.2. The van der Waals surface area contributed by atoms with Crippen LogP contribution in [-0.2, 0) is 0 Å². The predicted octanol–water partition coefficient (Wildman–Crippen LogP) is 1.92. The number of piperazine rings is 1. The first-order valence-electron chi connectivity index (χ1n) is 7.03. The van der Waals surface area contributed by atoms with E-state index in [-0.39, 0.29) is 0 Å². The number of likely N-dealkylation sites (N-methyl/N-ethyl adjacent to an activating group) is 1. The number of halogens is 1. The molecule has 4 nitrogen and oxygen atoms in total. The van der Waals surface area contributed by atoms with Gasteiger partial charge in [-0.1, -0.05) is 0 Å². The van der Waals surface area contributed by atoms with E-state index < -0.39 is 0 Å². The molecule has 2 aromatic rings. The Morgan fingerprint density at radius 3 is 2.76 bits per heavy atom. The summed E-state index contributed by atoms with van der Waals surface area (Å²) in [6.45, 7) is 4.54. The highest BCUT2D eigenvalue weighted by Gasteiger charge is 2.19. The summed E-state index contributed by atoms with van der Waals surface area (Å²) in [7, 11) is 3.93. The lowest BCUT2D eigenvalue weighted by Crippen LogP contribution is -3.12. The number of ether oxygens (including phenoxy) is 1. The fraction of sp³-hybridized carbons (Fsp3) is 0.400. The molecule has 1 aromatic carbocycles. The van der Waals surface area contributed by atoms with Gasteiger partial charge in [0.15, 0.2) is 5.13 Å². The molecule has 112 valence electrons. The monoisotopic (exact) mass is 368 g/mol. The Hall–Kier alpha value is -1.11. The van der Waals surface area contributed by atoms with Crippen molar-refractivity contribution in [3.63, 3.8) is 0 Å². The maximum Gasteiger partial charge on any atom is 0.186 e. The number of nitrogens with one attached hydrogen (secondary N) is 1. The molecule has 6 heteroatoms. The number of hydrogen-bond acceptors (Lipinski definition) is 4. The van der Waals surface area contributed by atoms with E-state index in [4.69, 9.17) is 9.72 Å². The van der Waals surface area contributed by atoms with E-state index in [0.29, 0.717) is 0 Å². The van der Waals surface area contributed by atoms with Crippen LogP contribution in [0.25, 0.3) is 11.3 Å². The fourth-order valence-electron chi connectivity index (χ4n) is 2.45. The highest BCUT2D eigenvalue weighted by Crippen LogP contribution is 2.32. The van der Waals surface area contributed by atoms with Gasteiger partial charge in [0.1, 0.15) is 5.75 Å². The van der Waals surface area contributed by atoms with Crippen LogP contribution in [0.3, 0.4) is 0 Å². The van der Waals surface area contributed by atoms with E-state index in [0.717, 1.165) is 39.7 Å². The molecule has 0 spiro atoms. The van der Waals surface area contributed by atoms with E-state index >= 15 is 0 Å². The maximum absolute atomic E-state index is 5.27. The molecule has 0 bridgehead atoms. The SMILES string of the molecule is COc1ccc(-c2csc(N3CC[NH+](C)CC3)n2)cc1Br. The Morgan fingerprint density at radius 1 is 1.33 bits per heavy atom. The van der Waals surface area contributed by atoms with Crippen LogP contribution in [0.15, 0.2) is 28.1 Å². The van der Waals surface area contributed by atoms with Crippen molar-refractivity contribution in [3.05, 3.63) is 28.1 Å². The number of hydrogen-bond donors (Lipinski definition) is 1. The Balaban J connectivity index is 1.80. The summed E-state index contributed by atoms with van der Waals surface area (Å²) in [6.07, 6.45) is 0. The molecule has 1 aliphatic rings. The smallest absolute Gasteiger partial charge is 0.186 e. The standard InChI is InChI=1S/C15H18BrN3OS/c1-18-5-7-19(8-6-18)15-17-13(10-21-15)11-3-4-14(20-2)12(16)9-11/h3-4,9-10H,5-8H2,1-2H3/p+1. The molecule has 1 aromatic heterocycles. The quantitative estimate of drug-likeness (QED) is 0.897. The number of aromatic nitrogens is 1. The van der Waals surface area contributed by atoms with Crippen molar-refractivity contribution in [2.45, 2.75) is 0 Å². The van der Waals surface area contributed by atoms with E-state index in [2.05, 4.69) is 45.4 Å². The van der Waals surface area contributed by atoms with Crippen molar-refractivity contribution in [1.82, 2.24) is 4.98 Å². The van der Waals surface area contributed by atoms with E-state index in [1.807, 2.05) is 6.07 Å². The lowest BCUT2D eigenvalue weighted by molar-refractivity contribution is -0.880. The first-order chi connectivity index (χ1) is 10.2. The first-order valence-corrected chi connectivity index (χ1v) is 8.70. The highest BCUT2D eigenvalue weighted by molar-refractivity contribution is 9.10. The third kappa shape index (κ3) is 3.22. The van der Waals surface area contributed by atoms with Gasteiger partial charge in [0.05, 0.1) is 50.5 Å². The van der Waals surface area contributed by atoms with Gasteiger partial charge in [0, 0.05) is 10.9 Å². The van der Waals surface area contributed by atoms with Gasteiger partial charge in [-0.2, -0.15) is 0 Å². The van der Waals surface area contributed by atoms with Crippen LogP contribution < -0.4 is 14.5 Å². The normalized spacial score (nSPS) is 16.2. The van der Waals surface area contributed by atoms with Gasteiger partial charge in [0.2, 0.25) is 0 Å². The number of quaternary nitrogens is 1. The summed E-state index contributed by atoms with van der Waals surface area (Å²) >= 11 is 5.26. The average molecular weight is 369 g/mol. The zero-order valence-corrected chi connectivity index (χ0v) is 14.6. The third-order valence-corrected chi connectivity index (χ3v) is 5.35. The Bertz CT molecular complexity index is 623. The number of methoxy groups -OCH3 is 1. The molecule has 0 atom stereocenters. The van der Waals surface area contributed by atoms with Gasteiger partial charge in [-0.3, -0.25) is 0 Å². The molecule has 0 aliphatic carbocycles. The van der Waals surface area contributed by atoms with Crippen LogP contribution in [-0.4, -0.2) is 45.3 Å². The topological polar surface area (TPSA) is 29.8 Å². The molecule has 1 fully saturated rings. The van der Waals surface area contributed by atoms with Gasteiger partial charge < -0.3 is 14.5 Å². The minimum Gasteiger partial charge on any atom is -0.496 e. The average Bonchev–Trinajstić information content (AvgIpc) is 2.98. The summed E-state index contributed by atoms with van der Waals surface area (Å²) in [6, 6.07) is 6.08. The van der Waals surface area contributed by atoms with Gasteiger partial charge in [0.25, 0.3) is 0 Å². The second-order valence-electron chi connectivity index (χ2n) is 5.31. The molecule has 1 aliphatic heterocycles. The number of rotatable bonds is 3. The number of nitrogens with zero attached hydrogens (tertiary/aromatic N) is 2. The zero-order chi connectivity index (χ0) is 14.8. The van der Waals surface area contributed by atoms with Gasteiger partial charge in [-0.05, 0) is 34.1 Å². The maximum atomic E-state index is 5.27. The predicted molar refractivity (Wildman–Crippen MR) is 90.6 cm³/mol. The molecule has 0 amide bonds. The van der Waals surface area contributed by atoms with Crippen molar-refractivity contribution < 1.29 is 9.64 Å². The van der Waals surface area contributed by atoms with Crippen LogP contribution in [0.2, 0.25) is 0 Å². The molecule has 0 unspecified atom stereocenters. The summed E-state index contributed by atoms with van der Waals surface area (Å²) < 4.78 is 6.23. The molecule has 2 heterocycles. The van der Waals surface area contributed by atoms with Crippen molar-refractivity contribution >= 4 is 32.4 Å². The van der Waals surface area contributed by atoms with Crippen molar-refractivity contribution in [1.29, 1.82) is 0 Å². The van der Waals surface area contributed by atoms with Gasteiger partial charge >= 0.3 is 0 Å². The lowest BCUT2D eigenvalue weighted by Gasteiger charge is -2.29. The van der Waals surface area contributed by atoms with Crippen molar-refractivity contribution in [2.24, 2.45) is 0 Å².